The number of hydrogen-bond donors (Lipinski definition) is 0. The fourth-order valence-electron chi connectivity index (χ4n) is 1.27. The Labute approximate surface area is 111 Å². The largest absolute Gasteiger partial charge is 0.472 e. The van der Waals surface area contributed by atoms with Gasteiger partial charge < -0.3 is 8.92 Å². The Kier molecular flexibility index (Phi) is 3.86. The Morgan fingerprint density at radius 3 is 2.74 bits per heavy atom. The molecule has 0 N–H and O–H groups in total. The average Bonchev–Trinajstić information content (AvgIpc) is 2.86. The number of nitrogens with zero attached hydrogens (tertiary/aromatic N) is 2. The van der Waals surface area contributed by atoms with Gasteiger partial charge >= 0.3 is 10.3 Å². The zero-order valence-electron chi connectivity index (χ0n) is 9.97. The van der Waals surface area contributed by atoms with Crippen molar-refractivity contribution in [3.8, 4) is 11.6 Å². The molecule has 0 aliphatic carbocycles. The molecule has 0 aliphatic rings. The summed E-state index contributed by atoms with van der Waals surface area (Å²) in [5.74, 6) is 0.407. The third-order valence-corrected chi connectivity index (χ3v) is 3.21. The van der Waals surface area contributed by atoms with Crippen molar-refractivity contribution in [3.05, 3.63) is 55.5 Å². The number of hydrogen-bond acceptors (Lipinski definition) is 5. The number of imidazole rings is 1. The van der Waals surface area contributed by atoms with Crippen molar-refractivity contribution in [2.45, 2.75) is 0 Å². The molecular weight excluding hydrogens is 268 g/mol. The van der Waals surface area contributed by atoms with Gasteiger partial charge in [-0.3, -0.25) is 0 Å². The summed E-state index contributed by atoms with van der Waals surface area (Å²) in [6.45, 7) is 3.73. The van der Waals surface area contributed by atoms with Gasteiger partial charge in [-0.1, -0.05) is 30.9 Å². The molecule has 0 amide bonds. The molecule has 0 aliphatic heterocycles. The molecule has 1 aromatic carbocycles. The molecule has 1 aromatic heterocycles. The lowest BCUT2D eigenvalue weighted by molar-refractivity contribution is 0.350. The fourth-order valence-corrected chi connectivity index (χ4v) is 2.09. The van der Waals surface area contributed by atoms with E-state index in [-0.39, 0.29) is 18.2 Å². The van der Waals surface area contributed by atoms with E-state index in [0.29, 0.717) is 0 Å². The minimum atomic E-state index is -3.97. The van der Waals surface area contributed by atoms with E-state index in [1.165, 1.54) is 12.3 Å². The first kappa shape index (κ1) is 13.2. The average molecular weight is 280 g/mol. The second-order valence-corrected chi connectivity index (χ2v) is 4.94. The van der Waals surface area contributed by atoms with E-state index in [1.807, 2.05) is 0 Å². The summed E-state index contributed by atoms with van der Waals surface area (Å²) in [5, 5.41) is 0. The molecule has 0 bridgehead atoms. The zero-order chi connectivity index (χ0) is 13.7. The van der Waals surface area contributed by atoms with Crippen molar-refractivity contribution in [1.29, 1.82) is 0 Å². The molecule has 100 valence electrons. The lowest BCUT2D eigenvalue weighted by Crippen LogP contribution is -2.17. The SMILES string of the molecule is C=CCOc1cn(S(=O)(=O)Oc2ccccc2)cn1. The van der Waals surface area contributed by atoms with E-state index < -0.39 is 10.3 Å². The smallest absolute Gasteiger partial charge is 0.414 e. The number of ether oxygens (including phenoxy) is 1. The first-order valence-corrected chi connectivity index (χ1v) is 6.76. The highest BCUT2D eigenvalue weighted by Gasteiger charge is 2.16. The van der Waals surface area contributed by atoms with Gasteiger partial charge in [0.1, 0.15) is 18.7 Å². The molecule has 1 heterocycles. The van der Waals surface area contributed by atoms with Crippen molar-refractivity contribution < 1.29 is 17.3 Å². The van der Waals surface area contributed by atoms with Gasteiger partial charge in [0.2, 0.25) is 5.88 Å². The summed E-state index contributed by atoms with van der Waals surface area (Å²) in [6, 6.07) is 8.21. The summed E-state index contributed by atoms with van der Waals surface area (Å²) in [5.41, 5.74) is 0. The predicted octanol–water partition coefficient (Wildman–Crippen LogP) is 1.62. The van der Waals surface area contributed by atoms with Crippen molar-refractivity contribution >= 4 is 10.3 Å². The number of para-hydroxylation sites is 1. The van der Waals surface area contributed by atoms with Crippen LogP contribution in [0, 0.1) is 0 Å². The van der Waals surface area contributed by atoms with Gasteiger partial charge in [0.15, 0.2) is 0 Å². The standard InChI is InChI=1S/C12H12N2O4S/c1-2-8-17-12-9-14(10-13-12)19(15,16)18-11-6-4-3-5-7-11/h2-7,9-10H,1,8H2. The van der Waals surface area contributed by atoms with E-state index in [2.05, 4.69) is 11.6 Å². The monoisotopic (exact) mass is 280 g/mol. The van der Waals surface area contributed by atoms with E-state index in [9.17, 15) is 8.42 Å². The van der Waals surface area contributed by atoms with Gasteiger partial charge in [-0.15, -0.1) is 0 Å². The summed E-state index contributed by atoms with van der Waals surface area (Å²) in [4.78, 5) is 3.80. The molecule has 0 unspecified atom stereocenters. The summed E-state index contributed by atoms with van der Waals surface area (Å²) in [7, 11) is -3.97. The summed E-state index contributed by atoms with van der Waals surface area (Å²) in [6.07, 6.45) is 3.87. The van der Waals surface area contributed by atoms with Crippen LogP contribution in [0.2, 0.25) is 0 Å². The number of aromatic nitrogens is 2. The molecule has 0 spiro atoms. The van der Waals surface area contributed by atoms with E-state index in [4.69, 9.17) is 8.92 Å². The minimum Gasteiger partial charge on any atom is -0.472 e. The Bertz CT molecular complexity index is 649. The molecule has 6 nitrogen and oxygen atoms in total. The van der Waals surface area contributed by atoms with E-state index in [0.717, 1.165) is 10.3 Å². The van der Waals surface area contributed by atoms with E-state index >= 15 is 0 Å². The summed E-state index contributed by atoms with van der Waals surface area (Å²) < 4.78 is 34.7. The van der Waals surface area contributed by atoms with Crippen LogP contribution < -0.4 is 8.92 Å². The minimum absolute atomic E-state index is 0.181. The van der Waals surface area contributed by atoms with Crippen molar-refractivity contribution in [1.82, 2.24) is 8.96 Å². The number of rotatable bonds is 6. The Morgan fingerprint density at radius 2 is 2.05 bits per heavy atom. The topological polar surface area (TPSA) is 70.4 Å². The third-order valence-electron chi connectivity index (χ3n) is 2.09. The second-order valence-electron chi connectivity index (χ2n) is 3.50. The van der Waals surface area contributed by atoms with Gasteiger partial charge in [-0.05, 0) is 12.1 Å². The first-order valence-electron chi connectivity index (χ1n) is 5.39. The molecule has 0 fully saturated rings. The van der Waals surface area contributed by atoms with Gasteiger partial charge in [-0.2, -0.15) is 12.4 Å². The lowest BCUT2D eigenvalue weighted by Gasteiger charge is -2.06. The first-order chi connectivity index (χ1) is 9.12. The Hall–Kier alpha value is -2.28. The van der Waals surface area contributed by atoms with Crippen LogP contribution in [-0.2, 0) is 10.3 Å². The van der Waals surface area contributed by atoms with E-state index in [1.54, 1.807) is 30.3 Å². The van der Waals surface area contributed by atoms with Crippen molar-refractivity contribution in [3.63, 3.8) is 0 Å². The molecule has 19 heavy (non-hydrogen) atoms. The van der Waals surface area contributed by atoms with Crippen LogP contribution in [-0.4, -0.2) is 24.0 Å². The lowest BCUT2D eigenvalue weighted by atomic mass is 10.3. The van der Waals surface area contributed by atoms with Crippen LogP contribution in [0.5, 0.6) is 11.6 Å². The third kappa shape index (κ3) is 3.35. The zero-order valence-corrected chi connectivity index (χ0v) is 10.8. The molecule has 2 rings (SSSR count). The molecule has 0 saturated heterocycles. The summed E-state index contributed by atoms with van der Waals surface area (Å²) >= 11 is 0. The second kappa shape index (κ2) is 5.57. The van der Waals surface area contributed by atoms with Crippen LogP contribution in [0.25, 0.3) is 0 Å². The Morgan fingerprint density at radius 1 is 1.32 bits per heavy atom. The molecular formula is C12H12N2O4S. The normalized spacial score (nSPS) is 10.9. The van der Waals surface area contributed by atoms with Gasteiger partial charge in [0.05, 0.1) is 6.20 Å². The maximum Gasteiger partial charge on any atom is 0.414 e. The van der Waals surface area contributed by atoms with Crippen LogP contribution in [0.15, 0.2) is 55.5 Å². The highest BCUT2D eigenvalue weighted by atomic mass is 32.2. The maximum atomic E-state index is 11.9. The molecule has 7 heteroatoms. The van der Waals surface area contributed by atoms with Gasteiger partial charge in [0.25, 0.3) is 0 Å². The highest BCUT2D eigenvalue weighted by molar-refractivity contribution is 7.85. The van der Waals surface area contributed by atoms with Crippen LogP contribution >= 0.6 is 0 Å². The van der Waals surface area contributed by atoms with Crippen molar-refractivity contribution in [2.75, 3.05) is 6.61 Å². The Balaban J connectivity index is 2.15. The van der Waals surface area contributed by atoms with Crippen LogP contribution in [0.1, 0.15) is 0 Å². The quantitative estimate of drug-likeness (QED) is 0.752. The van der Waals surface area contributed by atoms with Crippen LogP contribution in [0.3, 0.4) is 0 Å². The highest BCUT2D eigenvalue weighted by Crippen LogP contribution is 2.15. The van der Waals surface area contributed by atoms with Crippen molar-refractivity contribution in [2.24, 2.45) is 0 Å². The molecule has 0 radical (unpaired) electrons. The maximum absolute atomic E-state index is 11.9. The van der Waals surface area contributed by atoms with Crippen LogP contribution in [0.4, 0.5) is 0 Å². The molecule has 0 atom stereocenters. The van der Waals surface area contributed by atoms with Gasteiger partial charge in [0, 0.05) is 0 Å². The van der Waals surface area contributed by atoms with Gasteiger partial charge in [-0.25, -0.2) is 4.98 Å². The predicted molar refractivity (Wildman–Crippen MR) is 69.3 cm³/mol. The molecule has 2 aromatic rings. The fraction of sp³-hybridized carbons (Fsp3) is 0.0833. The number of benzene rings is 1. The molecule has 0 saturated carbocycles.